The Bertz CT molecular complexity index is 569. The zero-order chi connectivity index (χ0) is 14.4. The van der Waals surface area contributed by atoms with E-state index in [9.17, 15) is 4.79 Å². The van der Waals surface area contributed by atoms with Gasteiger partial charge in [0, 0.05) is 24.5 Å². The van der Waals surface area contributed by atoms with Gasteiger partial charge in [-0.25, -0.2) is 0 Å². The van der Waals surface area contributed by atoms with Crippen LogP contribution in [0.5, 0.6) is 0 Å². The molecule has 0 aliphatic rings. The second-order valence-electron chi connectivity index (χ2n) is 4.57. The summed E-state index contributed by atoms with van der Waals surface area (Å²) < 4.78 is 0. The maximum atomic E-state index is 11.8. The number of nitrogens with zero attached hydrogens (tertiary/aromatic N) is 1. The lowest BCUT2D eigenvalue weighted by Gasteiger charge is -2.16. The van der Waals surface area contributed by atoms with Crippen LogP contribution < -0.4 is 10.6 Å². The van der Waals surface area contributed by atoms with Crippen molar-refractivity contribution in [3.63, 3.8) is 0 Å². The first-order valence-corrected chi connectivity index (χ1v) is 6.76. The van der Waals surface area contributed by atoms with Gasteiger partial charge in [-0.15, -0.1) is 0 Å². The summed E-state index contributed by atoms with van der Waals surface area (Å²) in [5, 5.41) is 6.12. The first kappa shape index (κ1) is 14.1. The Morgan fingerprint density at radius 1 is 1.25 bits per heavy atom. The third-order valence-electron chi connectivity index (χ3n) is 3.01. The Balaban J connectivity index is 2.10. The number of carbonyl (C=O) groups is 1. The van der Waals surface area contributed by atoms with Gasteiger partial charge in [0.1, 0.15) is 5.69 Å². The molecule has 0 saturated carbocycles. The molecule has 2 aromatic rings. The SMILES string of the molecule is CCNC(=O)c1cc(NC(C)c2ccccc2)ccn1. The van der Waals surface area contributed by atoms with Crippen LogP contribution in [0.4, 0.5) is 5.69 Å². The number of nitrogens with one attached hydrogen (secondary N) is 2. The van der Waals surface area contributed by atoms with Crippen LogP contribution in [0, 0.1) is 0 Å². The van der Waals surface area contributed by atoms with E-state index in [1.165, 1.54) is 5.56 Å². The van der Waals surface area contributed by atoms with E-state index < -0.39 is 0 Å². The maximum Gasteiger partial charge on any atom is 0.269 e. The molecule has 1 unspecified atom stereocenters. The van der Waals surface area contributed by atoms with Crippen molar-refractivity contribution in [3.8, 4) is 0 Å². The average Bonchev–Trinajstić information content (AvgIpc) is 2.48. The Morgan fingerprint density at radius 3 is 2.70 bits per heavy atom. The number of hydrogen-bond donors (Lipinski definition) is 2. The fourth-order valence-electron chi connectivity index (χ4n) is 1.97. The predicted molar refractivity (Wildman–Crippen MR) is 80.7 cm³/mol. The van der Waals surface area contributed by atoms with Crippen molar-refractivity contribution in [1.29, 1.82) is 0 Å². The van der Waals surface area contributed by atoms with Crippen molar-refractivity contribution in [2.24, 2.45) is 0 Å². The second kappa shape index (κ2) is 6.70. The van der Waals surface area contributed by atoms with Gasteiger partial charge in [0.15, 0.2) is 0 Å². The van der Waals surface area contributed by atoms with Crippen molar-refractivity contribution >= 4 is 11.6 Å². The van der Waals surface area contributed by atoms with E-state index in [2.05, 4.69) is 34.7 Å². The van der Waals surface area contributed by atoms with E-state index in [1.54, 1.807) is 12.3 Å². The summed E-state index contributed by atoms with van der Waals surface area (Å²) in [7, 11) is 0. The Hall–Kier alpha value is -2.36. The number of benzene rings is 1. The van der Waals surface area contributed by atoms with Gasteiger partial charge in [0.05, 0.1) is 0 Å². The van der Waals surface area contributed by atoms with Gasteiger partial charge < -0.3 is 10.6 Å². The molecule has 0 radical (unpaired) electrons. The molecule has 20 heavy (non-hydrogen) atoms. The highest BCUT2D eigenvalue weighted by Gasteiger charge is 2.08. The molecule has 4 nitrogen and oxygen atoms in total. The largest absolute Gasteiger partial charge is 0.378 e. The van der Waals surface area contributed by atoms with Gasteiger partial charge in [-0.05, 0) is 31.5 Å². The minimum absolute atomic E-state index is 0.150. The normalized spacial score (nSPS) is 11.7. The van der Waals surface area contributed by atoms with Crippen molar-refractivity contribution in [1.82, 2.24) is 10.3 Å². The summed E-state index contributed by atoms with van der Waals surface area (Å²) in [6.45, 7) is 4.57. The van der Waals surface area contributed by atoms with Crippen molar-refractivity contribution < 1.29 is 4.79 Å². The highest BCUT2D eigenvalue weighted by molar-refractivity contribution is 5.93. The Kier molecular flexibility index (Phi) is 4.71. The lowest BCUT2D eigenvalue weighted by atomic mass is 10.1. The first-order valence-electron chi connectivity index (χ1n) is 6.76. The highest BCUT2D eigenvalue weighted by Crippen LogP contribution is 2.18. The van der Waals surface area contributed by atoms with Crippen LogP contribution in [0.25, 0.3) is 0 Å². The fraction of sp³-hybridized carbons (Fsp3) is 0.250. The van der Waals surface area contributed by atoms with Crippen LogP contribution >= 0.6 is 0 Å². The van der Waals surface area contributed by atoms with E-state index in [0.717, 1.165) is 5.69 Å². The molecule has 0 aliphatic carbocycles. The van der Waals surface area contributed by atoms with E-state index in [-0.39, 0.29) is 11.9 Å². The Morgan fingerprint density at radius 2 is 2.00 bits per heavy atom. The molecule has 0 spiro atoms. The van der Waals surface area contributed by atoms with Crippen LogP contribution in [0.3, 0.4) is 0 Å². The number of rotatable bonds is 5. The first-order chi connectivity index (χ1) is 9.70. The highest BCUT2D eigenvalue weighted by atomic mass is 16.1. The molecule has 0 saturated heterocycles. The molecule has 1 heterocycles. The summed E-state index contributed by atoms with van der Waals surface area (Å²) in [6, 6.07) is 14.0. The molecule has 0 fully saturated rings. The van der Waals surface area contributed by atoms with Crippen LogP contribution in [0.15, 0.2) is 48.7 Å². The molecule has 1 atom stereocenters. The topological polar surface area (TPSA) is 54.0 Å². The molecule has 1 amide bonds. The number of amides is 1. The number of pyridine rings is 1. The molecule has 1 aromatic heterocycles. The number of aromatic nitrogens is 1. The van der Waals surface area contributed by atoms with Crippen molar-refractivity contribution in [2.75, 3.05) is 11.9 Å². The summed E-state index contributed by atoms with van der Waals surface area (Å²) >= 11 is 0. The van der Waals surface area contributed by atoms with Gasteiger partial charge in [0.25, 0.3) is 5.91 Å². The van der Waals surface area contributed by atoms with Crippen LogP contribution in [-0.2, 0) is 0 Å². The molecule has 2 rings (SSSR count). The molecular formula is C16H19N3O. The van der Waals surface area contributed by atoms with E-state index in [0.29, 0.717) is 12.2 Å². The smallest absolute Gasteiger partial charge is 0.269 e. The lowest BCUT2D eigenvalue weighted by Crippen LogP contribution is -2.23. The second-order valence-corrected chi connectivity index (χ2v) is 4.57. The predicted octanol–water partition coefficient (Wildman–Crippen LogP) is 3.00. The standard InChI is InChI=1S/C16H19N3O/c1-3-17-16(20)15-11-14(9-10-18-15)19-12(2)13-7-5-4-6-8-13/h4-12H,3H2,1-2H3,(H,17,20)(H,18,19). The zero-order valence-corrected chi connectivity index (χ0v) is 11.8. The summed E-state index contributed by atoms with van der Waals surface area (Å²) in [6.07, 6.45) is 1.64. The minimum Gasteiger partial charge on any atom is -0.378 e. The number of hydrogen-bond acceptors (Lipinski definition) is 3. The van der Waals surface area contributed by atoms with E-state index in [1.807, 2.05) is 31.2 Å². The van der Waals surface area contributed by atoms with Gasteiger partial charge >= 0.3 is 0 Å². The quantitative estimate of drug-likeness (QED) is 0.877. The van der Waals surface area contributed by atoms with Crippen LogP contribution in [0.2, 0.25) is 0 Å². The van der Waals surface area contributed by atoms with Gasteiger partial charge in [-0.1, -0.05) is 30.3 Å². The van der Waals surface area contributed by atoms with Gasteiger partial charge in [-0.2, -0.15) is 0 Å². The molecule has 1 aromatic carbocycles. The summed E-state index contributed by atoms with van der Waals surface area (Å²) in [5.41, 5.74) is 2.51. The van der Waals surface area contributed by atoms with Gasteiger partial charge in [0.2, 0.25) is 0 Å². The van der Waals surface area contributed by atoms with Crippen molar-refractivity contribution in [3.05, 3.63) is 59.9 Å². The summed E-state index contributed by atoms with van der Waals surface area (Å²) in [4.78, 5) is 15.8. The lowest BCUT2D eigenvalue weighted by molar-refractivity contribution is 0.0951. The van der Waals surface area contributed by atoms with Crippen LogP contribution in [-0.4, -0.2) is 17.4 Å². The molecule has 2 N–H and O–H groups in total. The third kappa shape index (κ3) is 3.57. The molecule has 0 aliphatic heterocycles. The maximum absolute atomic E-state index is 11.8. The van der Waals surface area contributed by atoms with Crippen molar-refractivity contribution in [2.45, 2.75) is 19.9 Å². The molecule has 0 bridgehead atoms. The number of anilines is 1. The average molecular weight is 269 g/mol. The Labute approximate surface area is 119 Å². The molecular weight excluding hydrogens is 250 g/mol. The van der Waals surface area contributed by atoms with E-state index >= 15 is 0 Å². The fourth-order valence-corrected chi connectivity index (χ4v) is 1.97. The third-order valence-corrected chi connectivity index (χ3v) is 3.01. The molecule has 4 heteroatoms. The minimum atomic E-state index is -0.150. The van der Waals surface area contributed by atoms with Gasteiger partial charge in [-0.3, -0.25) is 9.78 Å². The number of carbonyl (C=O) groups excluding carboxylic acids is 1. The van der Waals surface area contributed by atoms with Crippen LogP contribution in [0.1, 0.15) is 35.9 Å². The summed E-state index contributed by atoms with van der Waals surface area (Å²) in [5.74, 6) is -0.150. The molecule has 104 valence electrons. The van der Waals surface area contributed by atoms with E-state index in [4.69, 9.17) is 0 Å². The monoisotopic (exact) mass is 269 g/mol. The zero-order valence-electron chi connectivity index (χ0n) is 11.8.